The molecule has 0 amide bonds. The van der Waals surface area contributed by atoms with Gasteiger partial charge in [-0.2, -0.15) is 0 Å². The highest BCUT2D eigenvalue weighted by molar-refractivity contribution is 7.80. The zero-order valence-corrected chi connectivity index (χ0v) is 10.6. The van der Waals surface area contributed by atoms with Crippen molar-refractivity contribution in [1.82, 2.24) is 4.90 Å². The summed E-state index contributed by atoms with van der Waals surface area (Å²) in [4.78, 5) is 2.54. The first-order valence-corrected chi connectivity index (χ1v) is 5.88. The van der Waals surface area contributed by atoms with E-state index in [0.717, 1.165) is 24.7 Å². The molecule has 0 aliphatic carbocycles. The molecule has 5 heteroatoms. The lowest BCUT2D eigenvalue weighted by Crippen LogP contribution is -2.27. The van der Waals surface area contributed by atoms with Crippen molar-refractivity contribution in [3.63, 3.8) is 0 Å². The summed E-state index contributed by atoms with van der Waals surface area (Å²) >= 11 is 4.81. The van der Waals surface area contributed by atoms with Crippen LogP contribution in [0.25, 0.3) is 0 Å². The molecular weight excluding hydrogens is 242 g/mol. The van der Waals surface area contributed by atoms with Crippen molar-refractivity contribution in [2.45, 2.75) is 19.9 Å². The van der Waals surface area contributed by atoms with Gasteiger partial charge >= 0.3 is 0 Å². The van der Waals surface area contributed by atoms with E-state index >= 15 is 0 Å². The number of nitrogens with zero attached hydrogens (tertiary/aromatic N) is 1. The van der Waals surface area contributed by atoms with E-state index in [0.29, 0.717) is 18.0 Å². The number of nitrogens with two attached hydrogens (primary N) is 1. The minimum Gasteiger partial charge on any atom is -0.393 e. The highest BCUT2D eigenvalue weighted by atomic mass is 32.1. The summed E-state index contributed by atoms with van der Waals surface area (Å²) in [7, 11) is 0. The van der Waals surface area contributed by atoms with E-state index in [1.807, 2.05) is 6.92 Å². The van der Waals surface area contributed by atoms with Crippen molar-refractivity contribution in [2.24, 2.45) is 5.73 Å². The lowest BCUT2D eigenvalue weighted by Gasteiger charge is -2.20. The lowest BCUT2D eigenvalue weighted by molar-refractivity contribution is 0.288. The van der Waals surface area contributed by atoms with E-state index in [-0.39, 0.29) is 0 Å². The summed E-state index contributed by atoms with van der Waals surface area (Å²) in [5, 5.41) is 0. The molecule has 2 N–H and O–H groups in total. The van der Waals surface area contributed by atoms with Gasteiger partial charge in [-0.3, -0.25) is 4.90 Å². The van der Waals surface area contributed by atoms with E-state index < -0.39 is 11.6 Å². The van der Waals surface area contributed by atoms with Crippen molar-refractivity contribution in [3.05, 3.63) is 35.4 Å². The second-order valence-corrected chi connectivity index (χ2v) is 4.36. The van der Waals surface area contributed by atoms with Crippen molar-refractivity contribution in [1.29, 1.82) is 0 Å². The highest BCUT2D eigenvalue weighted by Crippen LogP contribution is 2.11. The highest BCUT2D eigenvalue weighted by Gasteiger charge is 2.07. The first-order valence-electron chi connectivity index (χ1n) is 5.47. The van der Waals surface area contributed by atoms with Crippen LogP contribution >= 0.6 is 12.2 Å². The molecule has 0 heterocycles. The maximum atomic E-state index is 13.0. The standard InChI is InChI=1S/C12H16F2N2S/c1-2-16(6-5-12(15)17)8-9-3-4-10(13)11(14)7-9/h3-4,7H,2,5-6,8H2,1H3,(H2,15,17). The minimum absolute atomic E-state index is 0.466. The fourth-order valence-electron chi connectivity index (χ4n) is 1.51. The zero-order chi connectivity index (χ0) is 12.8. The van der Waals surface area contributed by atoms with Crippen LogP contribution in [0.3, 0.4) is 0 Å². The Hall–Kier alpha value is -1.07. The Kier molecular flexibility index (Phi) is 5.44. The van der Waals surface area contributed by atoms with Gasteiger partial charge in [0, 0.05) is 19.5 Å². The molecule has 0 aliphatic heterocycles. The average Bonchev–Trinajstić information content (AvgIpc) is 2.28. The van der Waals surface area contributed by atoms with Crippen LogP contribution in [0.2, 0.25) is 0 Å². The number of hydrogen-bond acceptors (Lipinski definition) is 2. The van der Waals surface area contributed by atoms with Crippen molar-refractivity contribution < 1.29 is 8.78 Å². The van der Waals surface area contributed by atoms with Crippen LogP contribution in [-0.4, -0.2) is 23.0 Å². The summed E-state index contributed by atoms with van der Waals surface area (Å²) in [5.74, 6) is -1.63. The molecule has 1 aromatic rings. The monoisotopic (exact) mass is 258 g/mol. The SMILES string of the molecule is CCN(CCC(N)=S)Cc1ccc(F)c(F)c1. The molecule has 0 fully saturated rings. The van der Waals surface area contributed by atoms with Crippen molar-refractivity contribution in [2.75, 3.05) is 13.1 Å². The first-order chi connectivity index (χ1) is 8.02. The Labute approximate surface area is 105 Å². The van der Waals surface area contributed by atoms with E-state index in [4.69, 9.17) is 18.0 Å². The summed E-state index contributed by atoms with van der Waals surface area (Å²) < 4.78 is 25.8. The molecule has 0 spiro atoms. The van der Waals surface area contributed by atoms with Gasteiger partial charge in [0.25, 0.3) is 0 Å². The van der Waals surface area contributed by atoms with Gasteiger partial charge in [-0.05, 0) is 24.2 Å². The third kappa shape index (κ3) is 4.75. The van der Waals surface area contributed by atoms with Crippen molar-refractivity contribution >= 4 is 17.2 Å². The molecular formula is C12H16F2N2S. The molecule has 0 saturated heterocycles. The fraction of sp³-hybridized carbons (Fsp3) is 0.417. The number of thiocarbonyl (C=S) groups is 1. The fourth-order valence-corrected chi connectivity index (χ4v) is 1.60. The Morgan fingerprint density at radius 1 is 1.35 bits per heavy atom. The second kappa shape index (κ2) is 6.61. The molecule has 0 radical (unpaired) electrons. The lowest BCUT2D eigenvalue weighted by atomic mass is 10.2. The molecule has 2 nitrogen and oxygen atoms in total. The van der Waals surface area contributed by atoms with Crippen LogP contribution in [0.1, 0.15) is 18.9 Å². The summed E-state index contributed by atoms with van der Waals surface area (Å²) in [5.41, 5.74) is 6.17. The van der Waals surface area contributed by atoms with E-state index in [2.05, 4.69) is 4.90 Å². The number of benzene rings is 1. The van der Waals surface area contributed by atoms with E-state index in [9.17, 15) is 8.78 Å². The van der Waals surface area contributed by atoms with Crippen molar-refractivity contribution in [3.8, 4) is 0 Å². The molecule has 1 rings (SSSR count). The van der Waals surface area contributed by atoms with Gasteiger partial charge in [-0.25, -0.2) is 8.78 Å². The molecule has 94 valence electrons. The normalized spacial score (nSPS) is 10.8. The van der Waals surface area contributed by atoms with Crippen LogP contribution in [0.4, 0.5) is 8.78 Å². The molecule has 17 heavy (non-hydrogen) atoms. The van der Waals surface area contributed by atoms with Gasteiger partial charge in [0.05, 0.1) is 4.99 Å². The summed E-state index contributed by atoms with van der Waals surface area (Å²) in [6.07, 6.45) is 0.632. The van der Waals surface area contributed by atoms with Crippen LogP contribution < -0.4 is 5.73 Å². The average molecular weight is 258 g/mol. The van der Waals surface area contributed by atoms with Crippen LogP contribution in [0.5, 0.6) is 0 Å². The van der Waals surface area contributed by atoms with Crippen LogP contribution in [0, 0.1) is 11.6 Å². The maximum absolute atomic E-state index is 13.0. The Morgan fingerprint density at radius 3 is 2.59 bits per heavy atom. The van der Waals surface area contributed by atoms with Gasteiger partial charge < -0.3 is 5.73 Å². The molecule has 0 aliphatic rings. The molecule has 0 saturated carbocycles. The quantitative estimate of drug-likeness (QED) is 0.795. The number of halogens is 2. The number of hydrogen-bond donors (Lipinski definition) is 1. The number of rotatable bonds is 6. The third-order valence-corrected chi connectivity index (χ3v) is 2.72. The summed E-state index contributed by atoms with van der Waals surface area (Å²) in [6, 6.07) is 3.95. The minimum atomic E-state index is -0.820. The van der Waals surface area contributed by atoms with Gasteiger partial charge in [0.2, 0.25) is 0 Å². The molecule has 0 atom stereocenters. The maximum Gasteiger partial charge on any atom is 0.159 e. The largest absolute Gasteiger partial charge is 0.393 e. The van der Waals surface area contributed by atoms with Crippen LogP contribution in [0.15, 0.2) is 18.2 Å². The molecule has 0 bridgehead atoms. The predicted molar refractivity (Wildman–Crippen MR) is 68.7 cm³/mol. The molecule has 1 aromatic carbocycles. The molecule has 0 aromatic heterocycles. The third-order valence-electron chi connectivity index (χ3n) is 2.51. The van der Waals surface area contributed by atoms with Gasteiger partial charge in [0.15, 0.2) is 11.6 Å². The zero-order valence-electron chi connectivity index (χ0n) is 9.75. The molecule has 0 unspecified atom stereocenters. The van der Waals surface area contributed by atoms with Gasteiger partial charge in [0.1, 0.15) is 0 Å². The first kappa shape index (κ1) is 14.0. The summed E-state index contributed by atoms with van der Waals surface area (Å²) in [6.45, 7) is 4.10. The Bertz CT molecular complexity index is 396. The van der Waals surface area contributed by atoms with Gasteiger partial charge in [-0.1, -0.05) is 25.2 Å². The Balaban J connectivity index is 2.60. The smallest absolute Gasteiger partial charge is 0.159 e. The second-order valence-electron chi connectivity index (χ2n) is 3.83. The van der Waals surface area contributed by atoms with Gasteiger partial charge in [-0.15, -0.1) is 0 Å². The van der Waals surface area contributed by atoms with E-state index in [1.54, 1.807) is 6.07 Å². The topological polar surface area (TPSA) is 29.3 Å². The van der Waals surface area contributed by atoms with Crippen LogP contribution in [-0.2, 0) is 6.54 Å². The van der Waals surface area contributed by atoms with E-state index in [1.165, 1.54) is 6.07 Å². The predicted octanol–water partition coefficient (Wildman–Crippen LogP) is 2.46. The Morgan fingerprint density at radius 2 is 2.06 bits per heavy atom.